The lowest BCUT2D eigenvalue weighted by molar-refractivity contribution is -0.183. The molecule has 0 aromatic heterocycles. The van der Waals surface area contributed by atoms with Gasteiger partial charge in [-0.1, -0.05) is 95.4 Å². The van der Waals surface area contributed by atoms with Crippen molar-refractivity contribution < 1.29 is 34.1 Å². The third-order valence-corrected chi connectivity index (χ3v) is 18.0. The van der Waals surface area contributed by atoms with E-state index in [2.05, 4.69) is 97.0 Å². The lowest BCUT2D eigenvalue weighted by Gasteiger charge is -2.64. The van der Waals surface area contributed by atoms with Gasteiger partial charge in [0.15, 0.2) is 0 Å². The molecule has 10 heteroatoms. The van der Waals surface area contributed by atoms with Crippen molar-refractivity contribution in [2.24, 2.45) is 37.9 Å². The minimum atomic E-state index is -1.29. The molecule has 0 amide bonds. The SMILES string of the molecule is CCC(C)(CC)CC(C)(C(=O)OC)C(CC)(CP)C(C)(CC)CC(C)(C(=O)O)C(P)(CC)C(CC)(CC)CC(C)(C(=O)OCCO)C(C)(C)P. The average molecular weight is 765 g/mol. The van der Waals surface area contributed by atoms with Gasteiger partial charge in [0, 0.05) is 5.16 Å². The van der Waals surface area contributed by atoms with Gasteiger partial charge in [0.05, 0.1) is 30.0 Å². The number of carboxylic acids is 1. The second kappa shape index (κ2) is 18.3. The van der Waals surface area contributed by atoms with Gasteiger partial charge >= 0.3 is 17.9 Å². The van der Waals surface area contributed by atoms with Gasteiger partial charge in [0.2, 0.25) is 0 Å². The van der Waals surface area contributed by atoms with Crippen LogP contribution in [0.2, 0.25) is 0 Å². The number of aliphatic hydroxyl groups is 1. The van der Waals surface area contributed by atoms with Crippen LogP contribution in [-0.2, 0) is 23.9 Å². The van der Waals surface area contributed by atoms with Gasteiger partial charge in [-0.15, -0.1) is 27.7 Å². The molecule has 0 rings (SSSR count). The van der Waals surface area contributed by atoms with Crippen molar-refractivity contribution >= 4 is 45.6 Å². The monoisotopic (exact) mass is 765 g/mol. The zero-order chi connectivity index (χ0) is 39.8. The lowest BCUT2D eigenvalue weighted by Crippen LogP contribution is -2.64. The summed E-state index contributed by atoms with van der Waals surface area (Å²) in [5.74, 6) is -1.51. The van der Waals surface area contributed by atoms with Crippen LogP contribution in [0.4, 0.5) is 0 Å². The molecular weight excluding hydrogens is 685 g/mol. The van der Waals surface area contributed by atoms with Gasteiger partial charge in [0.25, 0.3) is 0 Å². The number of ether oxygens (including phenoxy) is 2. The third-order valence-electron chi connectivity index (χ3n) is 15.0. The highest BCUT2D eigenvalue weighted by Crippen LogP contribution is 2.69. The highest BCUT2D eigenvalue weighted by Gasteiger charge is 2.68. The summed E-state index contributed by atoms with van der Waals surface area (Å²) in [6, 6.07) is 0. The standard InChI is InChI=1S/C40H79O7P3/c1-16-33(10,17-2)25-37(14,30(44)46-15)39(21-6,28-48)34(11,18-3)26-35(12,29(42)43)40(50,22-7)38(19-4,20-5)27-36(13,32(8,9)49)31(45)47-24-23-41/h41H,16-28,48-50H2,1-15H3,(H,42,43). The number of aliphatic hydroxyl groups excluding tert-OH is 1. The lowest BCUT2D eigenvalue weighted by atomic mass is 9.43. The first-order chi connectivity index (χ1) is 22.8. The van der Waals surface area contributed by atoms with Crippen LogP contribution in [0.1, 0.15) is 161 Å². The Morgan fingerprint density at radius 2 is 1.14 bits per heavy atom. The van der Waals surface area contributed by atoms with E-state index in [0.29, 0.717) is 57.5 Å². The number of carbonyl (C=O) groups is 3. The first kappa shape index (κ1) is 49.7. The maximum absolute atomic E-state index is 14.3. The van der Waals surface area contributed by atoms with E-state index in [4.69, 9.17) is 9.47 Å². The van der Waals surface area contributed by atoms with Crippen LogP contribution in [0.15, 0.2) is 0 Å². The van der Waals surface area contributed by atoms with Gasteiger partial charge < -0.3 is 19.7 Å². The molecule has 0 aliphatic carbocycles. The molecule has 0 aliphatic rings. The Morgan fingerprint density at radius 3 is 1.44 bits per heavy atom. The Bertz CT molecular complexity index is 1130. The third kappa shape index (κ3) is 8.47. The molecule has 0 aliphatic heterocycles. The van der Waals surface area contributed by atoms with Crippen LogP contribution < -0.4 is 0 Å². The number of carbonyl (C=O) groups excluding carboxylic acids is 2. The van der Waals surface area contributed by atoms with Crippen LogP contribution >= 0.6 is 27.7 Å². The van der Waals surface area contributed by atoms with E-state index in [1.165, 1.54) is 7.11 Å². The van der Waals surface area contributed by atoms with Gasteiger partial charge in [-0.2, -0.15) is 0 Å². The molecule has 0 spiro atoms. The summed E-state index contributed by atoms with van der Waals surface area (Å²) in [6.07, 6.45) is 6.94. The molecule has 0 fully saturated rings. The zero-order valence-corrected chi connectivity index (χ0v) is 38.3. The number of hydrogen-bond acceptors (Lipinski definition) is 6. The molecule has 7 nitrogen and oxygen atoms in total. The van der Waals surface area contributed by atoms with Crippen molar-refractivity contribution in [2.45, 2.75) is 171 Å². The number of esters is 2. The van der Waals surface area contributed by atoms with E-state index in [1.54, 1.807) is 0 Å². The van der Waals surface area contributed by atoms with Crippen LogP contribution in [-0.4, -0.2) is 64.9 Å². The van der Waals surface area contributed by atoms with Gasteiger partial charge in [-0.05, 0) is 98.7 Å². The molecule has 9 unspecified atom stereocenters. The van der Waals surface area contributed by atoms with E-state index in [9.17, 15) is 24.6 Å². The van der Waals surface area contributed by atoms with Crippen molar-refractivity contribution in [1.29, 1.82) is 0 Å². The smallest absolute Gasteiger partial charge is 0.312 e. The van der Waals surface area contributed by atoms with Crippen molar-refractivity contribution in [1.82, 2.24) is 0 Å². The molecule has 0 aromatic carbocycles. The summed E-state index contributed by atoms with van der Waals surface area (Å²) >= 11 is 0. The number of methoxy groups -OCH3 is 1. The Hall–Kier alpha value is -0.340. The second-order valence-corrected chi connectivity index (χ2v) is 20.1. The van der Waals surface area contributed by atoms with Crippen LogP contribution in [0.3, 0.4) is 0 Å². The Balaban J connectivity index is 8.13. The largest absolute Gasteiger partial charge is 0.481 e. The summed E-state index contributed by atoms with van der Waals surface area (Å²) in [4.78, 5) is 42.3. The molecule has 0 radical (unpaired) electrons. The Kier molecular flexibility index (Phi) is 18.2. The maximum atomic E-state index is 14.3. The summed E-state index contributed by atoms with van der Waals surface area (Å²) in [5, 5.41) is 19.6. The Labute approximate surface area is 314 Å². The minimum Gasteiger partial charge on any atom is -0.481 e. The molecule has 50 heavy (non-hydrogen) atoms. The fourth-order valence-electron chi connectivity index (χ4n) is 10.1. The number of carboxylic acid groups (broad SMARTS) is 1. The van der Waals surface area contributed by atoms with Gasteiger partial charge in [-0.3, -0.25) is 14.4 Å². The predicted molar refractivity (Wildman–Crippen MR) is 220 cm³/mol. The van der Waals surface area contributed by atoms with Crippen molar-refractivity contribution in [2.75, 3.05) is 26.5 Å². The second-order valence-electron chi connectivity index (χ2n) is 17.3. The van der Waals surface area contributed by atoms with E-state index in [1.807, 2.05) is 27.7 Å². The average Bonchev–Trinajstić information content (AvgIpc) is 3.08. The fraction of sp³-hybridized carbons (Fsp3) is 0.925. The van der Waals surface area contributed by atoms with Crippen molar-refractivity contribution in [3.05, 3.63) is 0 Å². The first-order valence-electron chi connectivity index (χ1n) is 19.1. The summed E-state index contributed by atoms with van der Waals surface area (Å²) in [6.45, 7) is 28.9. The zero-order valence-electron chi connectivity index (χ0n) is 34.9. The van der Waals surface area contributed by atoms with Crippen LogP contribution in [0.25, 0.3) is 0 Å². The van der Waals surface area contributed by atoms with E-state index in [0.717, 1.165) is 12.8 Å². The van der Waals surface area contributed by atoms with E-state index < -0.39 is 54.7 Å². The van der Waals surface area contributed by atoms with E-state index in [-0.39, 0.29) is 24.6 Å². The number of rotatable bonds is 24. The molecule has 0 saturated carbocycles. The number of aliphatic carboxylic acids is 1. The van der Waals surface area contributed by atoms with Gasteiger partial charge in [-0.25, -0.2) is 0 Å². The maximum Gasteiger partial charge on any atom is 0.312 e. The normalized spacial score (nSPS) is 20.2. The summed E-state index contributed by atoms with van der Waals surface area (Å²) < 4.78 is 11.3. The molecule has 0 heterocycles. The highest BCUT2D eigenvalue weighted by molar-refractivity contribution is 7.19. The highest BCUT2D eigenvalue weighted by atomic mass is 31.0. The molecule has 0 saturated heterocycles. The van der Waals surface area contributed by atoms with Gasteiger partial charge in [0.1, 0.15) is 6.61 Å². The van der Waals surface area contributed by atoms with E-state index >= 15 is 0 Å². The summed E-state index contributed by atoms with van der Waals surface area (Å²) in [7, 11) is 10.3. The molecular formula is C40H79O7P3. The van der Waals surface area contributed by atoms with Crippen LogP contribution in [0, 0.1) is 37.9 Å². The van der Waals surface area contributed by atoms with Crippen LogP contribution in [0.5, 0.6) is 0 Å². The predicted octanol–water partition coefficient (Wildman–Crippen LogP) is 9.97. The molecule has 9 atom stereocenters. The molecule has 2 N–H and O–H groups in total. The summed E-state index contributed by atoms with van der Waals surface area (Å²) in [5.41, 5.74) is -5.18. The topological polar surface area (TPSA) is 110 Å². The Morgan fingerprint density at radius 1 is 0.640 bits per heavy atom. The number of hydrogen-bond donors (Lipinski definition) is 2. The van der Waals surface area contributed by atoms with Crippen molar-refractivity contribution in [3.8, 4) is 0 Å². The molecule has 0 bridgehead atoms. The van der Waals surface area contributed by atoms with Crippen molar-refractivity contribution in [3.63, 3.8) is 0 Å². The quantitative estimate of drug-likeness (QED) is 0.0744. The minimum absolute atomic E-state index is 0.0931. The first-order valence-corrected chi connectivity index (χ1v) is 21.1. The molecule has 296 valence electrons. The molecule has 0 aromatic rings. The fourth-order valence-corrected chi connectivity index (χ4v) is 12.3.